The number of anilines is 2. The zero-order chi connectivity index (χ0) is 12.3. The van der Waals surface area contributed by atoms with Gasteiger partial charge in [0.15, 0.2) is 0 Å². The van der Waals surface area contributed by atoms with Crippen LogP contribution in [-0.2, 0) is 9.59 Å². The van der Waals surface area contributed by atoms with Crippen molar-refractivity contribution < 1.29 is 9.59 Å². The molecule has 0 heterocycles. The fraction of sp³-hybridized carbons (Fsp3) is 0.0769. The van der Waals surface area contributed by atoms with Crippen LogP contribution in [0, 0.1) is 0 Å². The molecule has 0 unspecified atom stereocenters. The Morgan fingerprint density at radius 2 is 2.00 bits per heavy atom. The maximum absolute atomic E-state index is 11.1. The Kier molecular flexibility index (Phi) is 3.05. The number of rotatable bonds is 3. The first kappa shape index (κ1) is 11.1. The van der Waals surface area contributed by atoms with Crippen molar-refractivity contribution in [2.75, 3.05) is 10.6 Å². The van der Waals surface area contributed by atoms with Crippen LogP contribution in [0.5, 0.6) is 0 Å². The third-order valence-corrected chi connectivity index (χ3v) is 2.40. The first-order chi connectivity index (χ1) is 8.20. The van der Waals surface area contributed by atoms with Crippen LogP contribution in [0.3, 0.4) is 0 Å². The largest absolute Gasteiger partial charge is 0.329 e. The van der Waals surface area contributed by atoms with Crippen LogP contribution in [0.4, 0.5) is 11.4 Å². The zero-order valence-electron chi connectivity index (χ0n) is 9.36. The summed E-state index contributed by atoms with van der Waals surface area (Å²) < 4.78 is 0. The van der Waals surface area contributed by atoms with Crippen LogP contribution in [0.1, 0.15) is 6.92 Å². The lowest BCUT2D eigenvalue weighted by Crippen LogP contribution is -2.07. The van der Waals surface area contributed by atoms with E-state index in [-0.39, 0.29) is 5.91 Å². The van der Waals surface area contributed by atoms with Gasteiger partial charge in [0.2, 0.25) is 12.3 Å². The van der Waals surface area contributed by atoms with E-state index in [9.17, 15) is 9.59 Å². The summed E-state index contributed by atoms with van der Waals surface area (Å²) in [7, 11) is 0. The standard InChI is InChI=1S/C13H12N2O2/c1-9(17)15-13-7-11(14-8-16)6-10-4-2-3-5-12(10)13/h2-8H,1H3,(H,14,16)(H,15,17). The Morgan fingerprint density at radius 1 is 1.24 bits per heavy atom. The Labute approximate surface area is 98.6 Å². The molecule has 0 spiro atoms. The van der Waals surface area contributed by atoms with Gasteiger partial charge in [-0.2, -0.15) is 0 Å². The van der Waals surface area contributed by atoms with Crippen molar-refractivity contribution in [2.45, 2.75) is 6.92 Å². The van der Waals surface area contributed by atoms with Gasteiger partial charge in [-0.1, -0.05) is 24.3 Å². The number of carbonyl (C=O) groups is 2. The molecule has 2 rings (SSSR count). The second-order valence-electron chi connectivity index (χ2n) is 3.69. The maximum Gasteiger partial charge on any atom is 0.221 e. The molecule has 0 saturated heterocycles. The van der Waals surface area contributed by atoms with E-state index in [4.69, 9.17) is 0 Å². The van der Waals surface area contributed by atoms with Gasteiger partial charge in [0.05, 0.1) is 5.69 Å². The van der Waals surface area contributed by atoms with Gasteiger partial charge in [-0.15, -0.1) is 0 Å². The van der Waals surface area contributed by atoms with Gasteiger partial charge in [0, 0.05) is 18.0 Å². The van der Waals surface area contributed by atoms with E-state index in [1.54, 1.807) is 6.07 Å². The molecule has 0 aliphatic rings. The normalized spacial score (nSPS) is 9.94. The molecular formula is C13H12N2O2. The summed E-state index contributed by atoms with van der Waals surface area (Å²) in [5, 5.41) is 7.24. The van der Waals surface area contributed by atoms with Gasteiger partial charge >= 0.3 is 0 Å². The third-order valence-electron chi connectivity index (χ3n) is 2.40. The van der Waals surface area contributed by atoms with Gasteiger partial charge in [-0.25, -0.2) is 0 Å². The van der Waals surface area contributed by atoms with Crippen molar-refractivity contribution in [3.05, 3.63) is 36.4 Å². The molecule has 0 fully saturated rings. The monoisotopic (exact) mass is 228 g/mol. The topological polar surface area (TPSA) is 58.2 Å². The summed E-state index contributed by atoms with van der Waals surface area (Å²) in [5.74, 6) is -0.140. The summed E-state index contributed by atoms with van der Waals surface area (Å²) in [6.45, 7) is 1.45. The molecule has 17 heavy (non-hydrogen) atoms. The molecular weight excluding hydrogens is 216 g/mol. The Balaban J connectivity index is 2.59. The fourth-order valence-corrected chi connectivity index (χ4v) is 1.76. The van der Waals surface area contributed by atoms with Crippen LogP contribution in [0.15, 0.2) is 36.4 Å². The Bertz CT molecular complexity index is 579. The fourth-order valence-electron chi connectivity index (χ4n) is 1.76. The summed E-state index contributed by atoms with van der Waals surface area (Å²) >= 11 is 0. The van der Waals surface area contributed by atoms with E-state index in [0.29, 0.717) is 17.8 Å². The van der Waals surface area contributed by atoms with Crippen molar-refractivity contribution in [2.24, 2.45) is 0 Å². The number of benzene rings is 2. The molecule has 0 aliphatic carbocycles. The minimum Gasteiger partial charge on any atom is -0.329 e. The number of amides is 2. The minimum atomic E-state index is -0.140. The lowest BCUT2D eigenvalue weighted by atomic mass is 10.1. The van der Waals surface area contributed by atoms with Crippen LogP contribution in [0.25, 0.3) is 10.8 Å². The van der Waals surface area contributed by atoms with Gasteiger partial charge < -0.3 is 10.6 Å². The average Bonchev–Trinajstić information content (AvgIpc) is 2.29. The van der Waals surface area contributed by atoms with Crippen LogP contribution in [-0.4, -0.2) is 12.3 Å². The highest BCUT2D eigenvalue weighted by Crippen LogP contribution is 2.27. The quantitative estimate of drug-likeness (QED) is 0.792. The summed E-state index contributed by atoms with van der Waals surface area (Å²) in [5.41, 5.74) is 1.35. The van der Waals surface area contributed by atoms with E-state index >= 15 is 0 Å². The molecule has 0 bridgehead atoms. The molecule has 4 nitrogen and oxygen atoms in total. The van der Waals surface area contributed by atoms with E-state index in [2.05, 4.69) is 10.6 Å². The van der Waals surface area contributed by atoms with E-state index in [1.807, 2.05) is 30.3 Å². The molecule has 86 valence electrons. The van der Waals surface area contributed by atoms with E-state index in [1.165, 1.54) is 6.92 Å². The molecule has 2 aromatic rings. The van der Waals surface area contributed by atoms with Gasteiger partial charge in [0.25, 0.3) is 0 Å². The number of nitrogens with one attached hydrogen (secondary N) is 2. The highest BCUT2D eigenvalue weighted by atomic mass is 16.1. The predicted molar refractivity (Wildman–Crippen MR) is 67.9 cm³/mol. The van der Waals surface area contributed by atoms with Crippen molar-refractivity contribution in [1.82, 2.24) is 0 Å². The zero-order valence-corrected chi connectivity index (χ0v) is 9.36. The highest BCUT2D eigenvalue weighted by molar-refractivity contribution is 6.03. The second-order valence-corrected chi connectivity index (χ2v) is 3.69. The van der Waals surface area contributed by atoms with Gasteiger partial charge in [-0.05, 0) is 17.5 Å². The molecule has 2 aromatic carbocycles. The first-order valence-electron chi connectivity index (χ1n) is 5.21. The summed E-state index contributed by atoms with van der Waals surface area (Å²) in [6.07, 6.45) is 0.613. The van der Waals surface area contributed by atoms with E-state index in [0.717, 1.165) is 10.8 Å². The molecule has 0 aromatic heterocycles. The van der Waals surface area contributed by atoms with Gasteiger partial charge in [0.1, 0.15) is 0 Å². The van der Waals surface area contributed by atoms with Gasteiger partial charge in [-0.3, -0.25) is 9.59 Å². The van der Waals surface area contributed by atoms with E-state index < -0.39 is 0 Å². The SMILES string of the molecule is CC(=O)Nc1cc(NC=O)cc2ccccc12. The Morgan fingerprint density at radius 3 is 2.71 bits per heavy atom. The molecule has 0 aliphatic heterocycles. The first-order valence-corrected chi connectivity index (χ1v) is 5.21. The van der Waals surface area contributed by atoms with Crippen LogP contribution >= 0.6 is 0 Å². The van der Waals surface area contributed by atoms with Crippen molar-refractivity contribution in [1.29, 1.82) is 0 Å². The maximum atomic E-state index is 11.1. The van der Waals surface area contributed by atoms with Crippen molar-refractivity contribution in [3.63, 3.8) is 0 Å². The number of hydrogen-bond acceptors (Lipinski definition) is 2. The number of fused-ring (bicyclic) bond motifs is 1. The highest BCUT2D eigenvalue weighted by Gasteiger charge is 2.04. The molecule has 0 saturated carbocycles. The van der Waals surface area contributed by atoms with Crippen LogP contribution < -0.4 is 10.6 Å². The van der Waals surface area contributed by atoms with Crippen molar-refractivity contribution >= 4 is 34.5 Å². The van der Waals surface area contributed by atoms with Crippen LogP contribution in [0.2, 0.25) is 0 Å². The lowest BCUT2D eigenvalue weighted by Gasteiger charge is -2.09. The smallest absolute Gasteiger partial charge is 0.221 e. The molecule has 0 radical (unpaired) electrons. The molecule has 4 heteroatoms. The molecule has 2 N–H and O–H groups in total. The molecule has 0 atom stereocenters. The average molecular weight is 228 g/mol. The Hall–Kier alpha value is -2.36. The number of hydrogen-bond donors (Lipinski definition) is 2. The second kappa shape index (κ2) is 4.65. The van der Waals surface area contributed by atoms with Crippen molar-refractivity contribution in [3.8, 4) is 0 Å². The minimum absolute atomic E-state index is 0.140. The summed E-state index contributed by atoms with van der Waals surface area (Å²) in [6, 6.07) is 11.3. The third kappa shape index (κ3) is 2.42. The predicted octanol–water partition coefficient (Wildman–Crippen LogP) is 2.37. The molecule has 2 amide bonds. The lowest BCUT2D eigenvalue weighted by molar-refractivity contribution is -0.114. The summed E-state index contributed by atoms with van der Waals surface area (Å²) in [4.78, 5) is 21.6. The number of carbonyl (C=O) groups excluding carboxylic acids is 2.